The van der Waals surface area contributed by atoms with E-state index >= 15 is 0 Å². The van der Waals surface area contributed by atoms with E-state index in [2.05, 4.69) is 0 Å². The smallest absolute Gasteiger partial charge is 0.289 e. The van der Waals surface area contributed by atoms with Gasteiger partial charge in [0.1, 0.15) is 10.6 Å². The molecule has 4 nitrogen and oxygen atoms in total. The van der Waals surface area contributed by atoms with Gasteiger partial charge < -0.3 is 5.73 Å². The summed E-state index contributed by atoms with van der Waals surface area (Å²) in [6, 6.07) is 5.62. The van der Waals surface area contributed by atoms with E-state index in [1.807, 2.05) is 0 Å². The lowest BCUT2D eigenvalue weighted by Gasteiger charge is -2.21. The summed E-state index contributed by atoms with van der Waals surface area (Å²) in [6.07, 6.45) is 0. The molecule has 18 heavy (non-hydrogen) atoms. The fourth-order valence-corrected chi connectivity index (χ4v) is 2.97. The maximum atomic E-state index is 12.9. The third kappa shape index (κ3) is 2.02. The van der Waals surface area contributed by atoms with Gasteiger partial charge in [-0.2, -0.15) is 0 Å². The average molecular weight is 268 g/mol. The zero-order valence-electron chi connectivity index (χ0n) is 9.85. The highest BCUT2D eigenvalue weighted by Gasteiger charge is 2.50. The number of thioether (sulfide) groups is 1. The Morgan fingerprint density at radius 2 is 1.94 bits per heavy atom. The van der Waals surface area contributed by atoms with Crippen LogP contribution >= 0.6 is 11.8 Å². The van der Waals surface area contributed by atoms with Gasteiger partial charge in [-0.1, -0.05) is 12.1 Å². The summed E-state index contributed by atoms with van der Waals surface area (Å²) in [7, 11) is 0. The van der Waals surface area contributed by atoms with Crippen LogP contribution in [0, 0.1) is 5.82 Å². The lowest BCUT2D eigenvalue weighted by Crippen LogP contribution is -2.38. The molecule has 0 aliphatic carbocycles. The number of imide groups is 1. The molecule has 1 aliphatic heterocycles. The van der Waals surface area contributed by atoms with Crippen molar-refractivity contribution in [2.45, 2.75) is 11.7 Å². The molecule has 1 aliphatic rings. The van der Waals surface area contributed by atoms with Gasteiger partial charge in [0.05, 0.1) is 0 Å². The van der Waals surface area contributed by atoms with Gasteiger partial charge >= 0.3 is 0 Å². The van der Waals surface area contributed by atoms with Crippen LogP contribution in [0.1, 0.15) is 12.5 Å². The lowest BCUT2D eigenvalue weighted by atomic mass is 9.99. The second-order valence-electron chi connectivity index (χ2n) is 4.15. The number of rotatable bonds is 3. The van der Waals surface area contributed by atoms with Crippen molar-refractivity contribution in [3.05, 3.63) is 35.6 Å². The third-order valence-corrected chi connectivity index (χ3v) is 4.13. The molecule has 0 bridgehead atoms. The van der Waals surface area contributed by atoms with Crippen LogP contribution in [0.4, 0.5) is 9.18 Å². The molecule has 2 N–H and O–H groups in total. The van der Waals surface area contributed by atoms with Gasteiger partial charge in [0.15, 0.2) is 0 Å². The van der Waals surface area contributed by atoms with E-state index in [4.69, 9.17) is 5.73 Å². The molecule has 1 fully saturated rings. The normalized spacial score (nSPS) is 23.8. The second-order valence-corrected chi connectivity index (χ2v) is 5.52. The van der Waals surface area contributed by atoms with Crippen LogP contribution in [-0.2, 0) is 9.54 Å². The lowest BCUT2D eigenvalue weighted by molar-refractivity contribution is -0.129. The van der Waals surface area contributed by atoms with Crippen LogP contribution in [0.5, 0.6) is 0 Å². The fourth-order valence-electron chi connectivity index (χ4n) is 1.89. The highest BCUT2D eigenvalue weighted by molar-refractivity contribution is 8.15. The summed E-state index contributed by atoms with van der Waals surface area (Å²) in [6.45, 7) is 2.11. The SMILES string of the molecule is CC1(c2ccc(F)cc2)SC(=O)N(CCN)C1=O. The van der Waals surface area contributed by atoms with Crippen LogP contribution in [0.2, 0.25) is 0 Å². The largest absolute Gasteiger partial charge is 0.329 e. The Morgan fingerprint density at radius 1 is 1.33 bits per heavy atom. The topological polar surface area (TPSA) is 63.4 Å². The highest BCUT2D eigenvalue weighted by Crippen LogP contribution is 2.44. The summed E-state index contributed by atoms with van der Waals surface area (Å²) >= 11 is 0.942. The van der Waals surface area contributed by atoms with Gasteiger partial charge in [-0.25, -0.2) is 4.39 Å². The molecule has 1 heterocycles. The highest BCUT2D eigenvalue weighted by atomic mass is 32.2. The van der Waals surface area contributed by atoms with Gasteiger partial charge in [0.25, 0.3) is 11.1 Å². The zero-order valence-corrected chi connectivity index (χ0v) is 10.7. The molecular formula is C12H13FN2O2S. The monoisotopic (exact) mass is 268 g/mol. The molecule has 2 rings (SSSR count). The number of hydrogen-bond acceptors (Lipinski definition) is 4. The number of hydrogen-bond donors (Lipinski definition) is 1. The molecular weight excluding hydrogens is 255 g/mol. The van der Waals surface area contributed by atoms with Crippen molar-refractivity contribution in [2.24, 2.45) is 5.73 Å². The standard InChI is InChI=1S/C12H13FN2O2S/c1-12(8-2-4-9(13)5-3-8)10(16)15(7-6-14)11(17)18-12/h2-5H,6-7,14H2,1H3. The molecule has 0 radical (unpaired) electrons. The first-order chi connectivity index (χ1) is 8.49. The first kappa shape index (κ1) is 13.0. The Labute approximate surface area is 108 Å². The molecule has 1 unspecified atom stereocenters. The number of nitrogens with zero attached hydrogens (tertiary/aromatic N) is 1. The van der Waals surface area contributed by atoms with E-state index in [0.29, 0.717) is 5.56 Å². The van der Waals surface area contributed by atoms with Crippen molar-refractivity contribution >= 4 is 22.9 Å². The van der Waals surface area contributed by atoms with Gasteiger partial charge in [-0.15, -0.1) is 0 Å². The first-order valence-electron chi connectivity index (χ1n) is 5.50. The zero-order chi connectivity index (χ0) is 13.3. The molecule has 0 saturated carbocycles. The molecule has 1 atom stereocenters. The number of halogens is 1. The Hall–Kier alpha value is -1.40. The second kappa shape index (κ2) is 4.70. The van der Waals surface area contributed by atoms with Crippen LogP contribution < -0.4 is 5.73 Å². The van der Waals surface area contributed by atoms with Crippen molar-refractivity contribution in [3.8, 4) is 0 Å². The Kier molecular flexibility index (Phi) is 3.41. The summed E-state index contributed by atoms with van der Waals surface area (Å²) in [4.78, 5) is 25.2. The molecule has 1 saturated heterocycles. The fraction of sp³-hybridized carbons (Fsp3) is 0.333. The predicted octanol–water partition coefficient (Wildman–Crippen LogP) is 1.69. The van der Waals surface area contributed by atoms with Crippen molar-refractivity contribution < 1.29 is 14.0 Å². The van der Waals surface area contributed by atoms with Gasteiger partial charge in [0, 0.05) is 13.1 Å². The number of carbonyl (C=O) groups is 2. The van der Waals surface area contributed by atoms with Crippen molar-refractivity contribution in [1.29, 1.82) is 0 Å². The Balaban J connectivity index is 2.35. The van der Waals surface area contributed by atoms with E-state index in [1.165, 1.54) is 24.3 Å². The van der Waals surface area contributed by atoms with E-state index in [1.54, 1.807) is 6.92 Å². The van der Waals surface area contributed by atoms with E-state index in [9.17, 15) is 14.0 Å². The minimum absolute atomic E-state index is 0.210. The molecule has 1 aromatic carbocycles. The van der Waals surface area contributed by atoms with Gasteiger partial charge in [0.2, 0.25) is 0 Å². The average Bonchev–Trinajstić information content (AvgIpc) is 2.55. The summed E-state index contributed by atoms with van der Waals surface area (Å²) < 4.78 is 11.9. The molecule has 1 aromatic rings. The van der Waals surface area contributed by atoms with Crippen LogP contribution in [0.15, 0.2) is 24.3 Å². The maximum absolute atomic E-state index is 12.9. The number of benzene rings is 1. The predicted molar refractivity (Wildman–Crippen MR) is 67.5 cm³/mol. The minimum Gasteiger partial charge on any atom is -0.329 e. The molecule has 96 valence electrons. The van der Waals surface area contributed by atoms with Crippen LogP contribution in [-0.4, -0.2) is 29.1 Å². The van der Waals surface area contributed by atoms with E-state index in [-0.39, 0.29) is 30.1 Å². The molecule has 0 aromatic heterocycles. The van der Waals surface area contributed by atoms with E-state index < -0.39 is 4.75 Å². The quantitative estimate of drug-likeness (QED) is 0.906. The molecule has 6 heteroatoms. The van der Waals surface area contributed by atoms with Gasteiger partial charge in [-0.05, 0) is 36.4 Å². The summed E-state index contributed by atoms with van der Waals surface area (Å²) in [5.41, 5.74) is 5.99. The first-order valence-corrected chi connectivity index (χ1v) is 6.32. The maximum Gasteiger partial charge on any atom is 0.289 e. The summed E-state index contributed by atoms with van der Waals surface area (Å²) in [5.74, 6) is -0.669. The molecule has 0 spiro atoms. The van der Waals surface area contributed by atoms with Crippen LogP contribution in [0.3, 0.4) is 0 Å². The van der Waals surface area contributed by atoms with Crippen molar-refractivity contribution in [1.82, 2.24) is 4.90 Å². The number of nitrogens with two attached hydrogens (primary N) is 1. The van der Waals surface area contributed by atoms with Gasteiger partial charge in [-0.3, -0.25) is 14.5 Å². The third-order valence-electron chi connectivity index (χ3n) is 2.91. The minimum atomic E-state index is -0.986. The Morgan fingerprint density at radius 3 is 2.50 bits per heavy atom. The Bertz CT molecular complexity index is 491. The van der Waals surface area contributed by atoms with E-state index in [0.717, 1.165) is 16.7 Å². The molecule has 2 amide bonds. The van der Waals surface area contributed by atoms with Crippen molar-refractivity contribution in [2.75, 3.05) is 13.1 Å². The van der Waals surface area contributed by atoms with Crippen molar-refractivity contribution in [3.63, 3.8) is 0 Å². The summed E-state index contributed by atoms with van der Waals surface area (Å²) in [5, 5.41) is -0.308. The van der Waals surface area contributed by atoms with Crippen LogP contribution in [0.25, 0.3) is 0 Å². The number of amides is 2. The number of carbonyl (C=O) groups excluding carboxylic acids is 2.